The molecule has 1 amide bonds. The fraction of sp³-hybridized carbons (Fsp3) is 0.412. The topological polar surface area (TPSA) is 50.7 Å². The first-order valence-corrected chi connectivity index (χ1v) is 8.18. The Balaban J connectivity index is 1.98. The number of ether oxygens (including phenoxy) is 1. The fourth-order valence-corrected chi connectivity index (χ4v) is 2.87. The summed E-state index contributed by atoms with van der Waals surface area (Å²) in [7, 11) is 0. The summed E-state index contributed by atoms with van der Waals surface area (Å²) in [5.41, 5.74) is 3.38. The molecule has 1 aliphatic rings. The van der Waals surface area contributed by atoms with Gasteiger partial charge in [0.1, 0.15) is 12.4 Å². The summed E-state index contributed by atoms with van der Waals surface area (Å²) in [5.74, 6) is 3.15. The van der Waals surface area contributed by atoms with Crippen molar-refractivity contribution in [3.05, 3.63) is 28.2 Å². The molecule has 0 radical (unpaired) electrons. The molecular formula is C17H19BrN2O2. The van der Waals surface area contributed by atoms with E-state index in [4.69, 9.17) is 11.2 Å². The zero-order valence-corrected chi connectivity index (χ0v) is 13.9. The quantitative estimate of drug-likeness (QED) is 0.495. The van der Waals surface area contributed by atoms with Crippen LogP contribution in [0.1, 0.15) is 37.7 Å². The predicted octanol–water partition coefficient (Wildman–Crippen LogP) is 3.49. The smallest absolute Gasteiger partial charge is 0.243 e. The molecule has 0 aliphatic heterocycles. The third-order valence-corrected chi connectivity index (χ3v) is 4.13. The summed E-state index contributed by atoms with van der Waals surface area (Å²) in [4.78, 5) is 12.0. The van der Waals surface area contributed by atoms with Crippen molar-refractivity contribution in [2.75, 3.05) is 6.61 Å². The van der Waals surface area contributed by atoms with Crippen molar-refractivity contribution in [2.45, 2.75) is 32.1 Å². The number of nitrogens with zero attached hydrogens (tertiary/aromatic N) is 1. The van der Waals surface area contributed by atoms with Gasteiger partial charge in [-0.25, -0.2) is 5.43 Å². The van der Waals surface area contributed by atoms with Crippen molar-refractivity contribution in [1.82, 2.24) is 5.43 Å². The number of hydrogen-bond donors (Lipinski definition) is 1. The Kier molecular flexibility index (Phi) is 6.47. The third-order valence-electron chi connectivity index (χ3n) is 3.64. The number of hydrazone groups is 1. The molecule has 1 aromatic carbocycles. The highest BCUT2D eigenvalue weighted by Crippen LogP contribution is 2.24. The lowest BCUT2D eigenvalue weighted by molar-refractivity contribution is -0.125. The van der Waals surface area contributed by atoms with E-state index in [1.807, 2.05) is 18.2 Å². The number of halogens is 1. The molecule has 1 aromatic rings. The molecule has 0 saturated heterocycles. The summed E-state index contributed by atoms with van der Waals surface area (Å²) in [6.07, 6.45) is 12.2. The molecule has 0 bridgehead atoms. The lowest BCUT2D eigenvalue weighted by Gasteiger charge is -2.19. The van der Waals surface area contributed by atoms with Gasteiger partial charge in [-0.3, -0.25) is 4.79 Å². The number of benzene rings is 1. The fourth-order valence-electron chi connectivity index (χ4n) is 2.49. The molecule has 1 saturated carbocycles. The van der Waals surface area contributed by atoms with E-state index in [2.05, 4.69) is 32.4 Å². The van der Waals surface area contributed by atoms with Crippen molar-refractivity contribution >= 4 is 28.1 Å². The van der Waals surface area contributed by atoms with E-state index in [0.717, 1.165) is 35.7 Å². The highest BCUT2D eigenvalue weighted by molar-refractivity contribution is 9.10. The molecule has 1 N–H and O–H groups in total. The van der Waals surface area contributed by atoms with E-state index in [0.29, 0.717) is 5.75 Å². The van der Waals surface area contributed by atoms with Gasteiger partial charge in [0.2, 0.25) is 5.91 Å². The zero-order valence-electron chi connectivity index (χ0n) is 12.3. The standard InChI is InChI=1S/C17H19BrN2O2/c1-2-10-22-16-9-8-15(18)11-14(16)12-19-20-17(21)13-6-4-3-5-7-13/h1,8-9,11-13H,3-7,10H2,(H,20,21). The zero-order chi connectivity index (χ0) is 15.8. The molecule has 0 spiro atoms. The first kappa shape index (κ1) is 16.6. The maximum absolute atomic E-state index is 12.0. The maximum atomic E-state index is 12.0. The molecule has 1 fully saturated rings. The van der Waals surface area contributed by atoms with E-state index in [1.54, 1.807) is 6.21 Å². The van der Waals surface area contributed by atoms with Crippen LogP contribution in [0, 0.1) is 18.3 Å². The Hall–Kier alpha value is -1.80. The third kappa shape index (κ3) is 4.88. The van der Waals surface area contributed by atoms with Gasteiger partial charge in [0.15, 0.2) is 0 Å². The molecule has 0 unspecified atom stereocenters. The highest BCUT2D eigenvalue weighted by atomic mass is 79.9. The summed E-state index contributed by atoms with van der Waals surface area (Å²) < 4.78 is 6.36. The normalized spacial score (nSPS) is 15.5. The first-order valence-electron chi connectivity index (χ1n) is 7.39. The van der Waals surface area contributed by atoms with Gasteiger partial charge in [0, 0.05) is 16.0 Å². The molecule has 0 heterocycles. The molecular weight excluding hydrogens is 344 g/mol. The molecule has 0 atom stereocenters. The Labute approximate surface area is 139 Å². The van der Waals surface area contributed by atoms with Crippen LogP contribution in [-0.4, -0.2) is 18.7 Å². The minimum absolute atomic E-state index is 0.00274. The van der Waals surface area contributed by atoms with E-state index >= 15 is 0 Å². The predicted molar refractivity (Wildman–Crippen MR) is 90.8 cm³/mol. The van der Waals surface area contributed by atoms with Gasteiger partial charge in [-0.05, 0) is 31.0 Å². The van der Waals surface area contributed by atoms with Crippen LogP contribution in [0.2, 0.25) is 0 Å². The summed E-state index contributed by atoms with van der Waals surface area (Å²) >= 11 is 3.40. The maximum Gasteiger partial charge on any atom is 0.243 e. The lowest BCUT2D eigenvalue weighted by atomic mass is 9.89. The average molecular weight is 363 g/mol. The summed E-state index contributed by atoms with van der Waals surface area (Å²) in [6, 6.07) is 5.54. The Morgan fingerprint density at radius 1 is 1.45 bits per heavy atom. The lowest BCUT2D eigenvalue weighted by Crippen LogP contribution is -2.28. The molecule has 2 rings (SSSR count). The number of nitrogens with one attached hydrogen (secondary N) is 1. The SMILES string of the molecule is C#CCOc1ccc(Br)cc1C=NNC(=O)C1CCCCC1. The Morgan fingerprint density at radius 2 is 2.23 bits per heavy atom. The molecule has 0 aromatic heterocycles. The van der Waals surface area contributed by atoms with Gasteiger partial charge >= 0.3 is 0 Å². The monoisotopic (exact) mass is 362 g/mol. The second-order valence-corrected chi connectivity index (χ2v) is 6.16. The van der Waals surface area contributed by atoms with Crippen LogP contribution in [0.15, 0.2) is 27.8 Å². The van der Waals surface area contributed by atoms with Crippen LogP contribution in [0.4, 0.5) is 0 Å². The van der Waals surface area contributed by atoms with Crippen molar-refractivity contribution < 1.29 is 9.53 Å². The van der Waals surface area contributed by atoms with Gasteiger partial charge in [0.05, 0.1) is 6.21 Å². The highest BCUT2D eigenvalue weighted by Gasteiger charge is 2.20. The van der Waals surface area contributed by atoms with Crippen LogP contribution in [0.25, 0.3) is 0 Å². The minimum Gasteiger partial charge on any atom is -0.480 e. The van der Waals surface area contributed by atoms with Gasteiger partial charge < -0.3 is 4.74 Å². The second-order valence-electron chi connectivity index (χ2n) is 5.24. The van der Waals surface area contributed by atoms with Gasteiger partial charge in [-0.2, -0.15) is 5.10 Å². The molecule has 5 heteroatoms. The number of rotatable bonds is 5. The number of carbonyl (C=O) groups is 1. The van der Waals surface area contributed by atoms with Crippen LogP contribution in [0.3, 0.4) is 0 Å². The second kappa shape index (κ2) is 8.60. The van der Waals surface area contributed by atoms with Crippen LogP contribution in [-0.2, 0) is 4.79 Å². The van der Waals surface area contributed by atoms with E-state index in [9.17, 15) is 4.79 Å². The van der Waals surface area contributed by atoms with Crippen molar-refractivity contribution in [3.63, 3.8) is 0 Å². The number of hydrogen-bond acceptors (Lipinski definition) is 3. The number of amides is 1. The first-order chi connectivity index (χ1) is 10.7. The molecule has 1 aliphatic carbocycles. The summed E-state index contributed by atoms with van der Waals surface area (Å²) in [6.45, 7) is 0.191. The van der Waals surface area contributed by atoms with Crippen LogP contribution < -0.4 is 10.2 Å². The summed E-state index contributed by atoms with van der Waals surface area (Å²) in [5, 5.41) is 4.05. The van der Waals surface area contributed by atoms with E-state index in [1.165, 1.54) is 6.42 Å². The van der Waals surface area contributed by atoms with Gasteiger partial charge in [-0.1, -0.05) is 41.1 Å². The Morgan fingerprint density at radius 3 is 2.95 bits per heavy atom. The van der Waals surface area contributed by atoms with Crippen molar-refractivity contribution in [1.29, 1.82) is 0 Å². The van der Waals surface area contributed by atoms with E-state index < -0.39 is 0 Å². The van der Waals surface area contributed by atoms with Gasteiger partial charge in [0.25, 0.3) is 0 Å². The van der Waals surface area contributed by atoms with E-state index in [-0.39, 0.29) is 18.4 Å². The van der Waals surface area contributed by atoms with Crippen LogP contribution in [0.5, 0.6) is 5.75 Å². The number of carbonyl (C=O) groups excluding carboxylic acids is 1. The van der Waals surface area contributed by atoms with Crippen LogP contribution >= 0.6 is 15.9 Å². The van der Waals surface area contributed by atoms with Crippen molar-refractivity contribution in [2.24, 2.45) is 11.0 Å². The molecule has 22 heavy (non-hydrogen) atoms. The van der Waals surface area contributed by atoms with Gasteiger partial charge in [-0.15, -0.1) is 6.42 Å². The van der Waals surface area contributed by atoms with Crippen molar-refractivity contribution in [3.8, 4) is 18.1 Å². The Bertz CT molecular complexity index is 587. The molecule has 116 valence electrons. The number of terminal acetylenes is 1. The largest absolute Gasteiger partial charge is 0.480 e. The molecule has 4 nitrogen and oxygen atoms in total. The minimum atomic E-state index is -0.00274. The average Bonchev–Trinajstić information content (AvgIpc) is 2.55.